The fraction of sp³-hybridized carbons (Fsp3) is 0.111. The molecule has 2 aromatic heterocycles. The summed E-state index contributed by atoms with van der Waals surface area (Å²) in [5, 5.41) is 23.5. The van der Waals surface area contributed by atoms with Crippen LogP contribution in [0.15, 0.2) is 85.2 Å². The Labute approximate surface area is 265 Å². The second-order valence-corrected chi connectivity index (χ2v) is 11.5. The van der Waals surface area contributed by atoms with Crippen LogP contribution in [0.2, 0.25) is 0 Å². The zero-order chi connectivity index (χ0) is 32.4. The predicted octanol–water partition coefficient (Wildman–Crippen LogP) is 6.58. The molecule has 0 aliphatic carbocycles. The number of fused-ring (bicyclic) bond motifs is 4. The van der Waals surface area contributed by atoms with E-state index in [4.69, 9.17) is 4.74 Å². The SMILES string of the molecule is O=C1c2c(c(Oc3c4c(c(O)c5ncccc35)C(=O)N(Cc3ccc(F)cc3)C4)c3cccnc3c2O)CN1Cc1ccc(F)cc1. The maximum Gasteiger partial charge on any atom is 0.258 e. The summed E-state index contributed by atoms with van der Waals surface area (Å²) >= 11 is 0. The van der Waals surface area contributed by atoms with Crippen LogP contribution in [0.1, 0.15) is 43.0 Å². The highest BCUT2D eigenvalue weighted by Gasteiger charge is 2.39. The molecule has 0 fully saturated rings. The van der Waals surface area contributed by atoms with Gasteiger partial charge >= 0.3 is 0 Å². The second kappa shape index (κ2) is 10.8. The lowest BCUT2D eigenvalue weighted by Crippen LogP contribution is -2.23. The summed E-state index contributed by atoms with van der Waals surface area (Å²) < 4.78 is 33.9. The van der Waals surface area contributed by atoms with E-state index in [1.807, 2.05) is 0 Å². The Hall–Kier alpha value is -6.10. The fourth-order valence-electron chi connectivity index (χ4n) is 6.44. The molecule has 47 heavy (non-hydrogen) atoms. The normalized spacial score (nSPS) is 13.9. The van der Waals surface area contributed by atoms with Crippen molar-refractivity contribution < 1.29 is 33.3 Å². The van der Waals surface area contributed by atoms with Crippen molar-refractivity contribution in [3.8, 4) is 23.0 Å². The standard InChI is InChI=1S/C36H24F2N4O5/c37-21-9-5-19(6-10-21)15-41-17-25-27(35(41)45)31(43)29-23(3-1-13-39-29)33(25)47-34-24-4-2-14-40-30(24)32(44)28-26(34)18-42(36(28)46)16-20-7-11-22(38)12-8-20/h1-14,43-44H,15-18H2. The Morgan fingerprint density at radius 3 is 1.45 bits per heavy atom. The molecule has 11 heteroatoms. The summed E-state index contributed by atoms with van der Waals surface area (Å²) in [7, 11) is 0. The quantitative estimate of drug-likeness (QED) is 0.214. The van der Waals surface area contributed by atoms with Crippen LogP contribution >= 0.6 is 0 Å². The third-order valence-corrected chi connectivity index (χ3v) is 8.66. The van der Waals surface area contributed by atoms with E-state index in [1.165, 1.54) is 46.5 Å². The van der Waals surface area contributed by atoms with Crippen LogP contribution in [0, 0.1) is 11.6 Å². The van der Waals surface area contributed by atoms with Crippen molar-refractivity contribution in [3.05, 3.63) is 130 Å². The van der Waals surface area contributed by atoms with Gasteiger partial charge in [0, 0.05) is 47.4 Å². The average Bonchev–Trinajstić information content (AvgIpc) is 3.58. The number of aromatic hydroxyl groups is 2. The molecular formula is C36H24F2N4O5. The highest BCUT2D eigenvalue weighted by atomic mass is 19.1. The predicted molar refractivity (Wildman–Crippen MR) is 167 cm³/mol. The van der Waals surface area contributed by atoms with E-state index in [-0.39, 0.29) is 71.3 Å². The second-order valence-electron chi connectivity index (χ2n) is 11.5. The van der Waals surface area contributed by atoms with Crippen LogP contribution in [-0.2, 0) is 26.2 Å². The minimum atomic E-state index is -0.442. The van der Waals surface area contributed by atoms with Crippen molar-refractivity contribution in [1.29, 1.82) is 0 Å². The Kier molecular flexibility index (Phi) is 6.50. The first-order valence-corrected chi connectivity index (χ1v) is 14.8. The molecule has 0 bridgehead atoms. The highest BCUT2D eigenvalue weighted by molar-refractivity contribution is 6.10. The fourth-order valence-corrected chi connectivity index (χ4v) is 6.44. The van der Waals surface area contributed by atoms with Crippen LogP contribution < -0.4 is 4.74 Å². The number of amides is 2. The maximum atomic E-state index is 13.8. The first kappa shape index (κ1) is 28.4. The molecule has 2 amide bonds. The van der Waals surface area contributed by atoms with Gasteiger partial charge in [-0.1, -0.05) is 24.3 Å². The summed E-state index contributed by atoms with van der Waals surface area (Å²) in [4.78, 5) is 39.3. The van der Waals surface area contributed by atoms with Gasteiger partial charge in [0.25, 0.3) is 11.8 Å². The zero-order valence-corrected chi connectivity index (χ0v) is 24.6. The van der Waals surface area contributed by atoms with Crippen LogP contribution in [0.4, 0.5) is 8.78 Å². The van der Waals surface area contributed by atoms with Crippen LogP contribution in [0.5, 0.6) is 23.0 Å². The largest absolute Gasteiger partial charge is 0.505 e. The topological polar surface area (TPSA) is 116 Å². The Balaban J connectivity index is 1.27. The van der Waals surface area contributed by atoms with Gasteiger partial charge in [-0.15, -0.1) is 0 Å². The summed E-state index contributed by atoms with van der Waals surface area (Å²) in [5.41, 5.74) is 2.63. The lowest BCUT2D eigenvalue weighted by molar-refractivity contribution is 0.0757. The molecule has 0 saturated carbocycles. The van der Waals surface area contributed by atoms with E-state index in [1.54, 1.807) is 48.5 Å². The molecule has 0 radical (unpaired) electrons. The number of phenolic OH excluding ortho intramolecular Hbond substituents is 2. The number of rotatable bonds is 6. The number of ether oxygens (including phenoxy) is 1. The van der Waals surface area contributed by atoms with E-state index < -0.39 is 23.4 Å². The van der Waals surface area contributed by atoms with E-state index in [9.17, 15) is 28.6 Å². The van der Waals surface area contributed by atoms with Gasteiger partial charge in [-0.25, -0.2) is 8.78 Å². The number of hydrogen-bond donors (Lipinski definition) is 2. The van der Waals surface area contributed by atoms with Gasteiger partial charge in [0.2, 0.25) is 0 Å². The molecule has 232 valence electrons. The Bertz CT molecular complexity index is 2120. The van der Waals surface area contributed by atoms with Crippen LogP contribution in [-0.4, -0.2) is 41.8 Å². The molecule has 9 nitrogen and oxygen atoms in total. The molecule has 8 rings (SSSR count). The maximum absolute atomic E-state index is 13.8. The smallest absolute Gasteiger partial charge is 0.258 e. The van der Waals surface area contributed by atoms with Crippen LogP contribution in [0.3, 0.4) is 0 Å². The van der Waals surface area contributed by atoms with Gasteiger partial charge in [0.05, 0.1) is 24.2 Å². The summed E-state index contributed by atoms with van der Waals surface area (Å²) in [6.45, 7) is 0.464. The molecule has 0 spiro atoms. The molecular weight excluding hydrogens is 606 g/mol. The number of carbonyl (C=O) groups excluding carboxylic acids is 2. The molecule has 0 atom stereocenters. The van der Waals surface area contributed by atoms with E-state index in [2.05, 4.69) is 9.97 Å². The molecule has 4 heterocycles. The highest BCUT2D eigenvalue weighted by Crippen LogP contribution is 2.50. The number of benzene rings is 4. The lowest BCUT2D eigenvalue weighted by atomic mass is 10.0. The lowest BCUT2D eigenvalue weighted by Gasteiger charge is -2.19. The van der Waals surface area contributed by atoms with Crippen molar-refractivity contribution in [1.82, 2.24) is 19.8 Å². The van der Waals surface area contributed by atoms with Crippen LogP contribution in [0.25, 0.3) is 21.8 Å². The van der Waals surface area contributed by atoms with Crippen molar-refractivity contribution in [2.24, 2.45) is 0 Å². The molecule has 6 aromatic rings. The zero-order valence-electron chi connectivity index (χ0n) is 24.6. The number of carbonyl (C=O) groups is 2. The molecule has 0 saturated heterocycles. The number of pyridine rings is 2. The summed E-state index contributed by atoms with van der Waals surface area (Å²) in [6, 6.07) is 18.4. The number of nitrogens with zero attached hydrogens (tertiary/aromatic N) is 4. The van der Waals surface area contributed by atoms with E-state index in [0.29, 0.717) is 33.0 Å². The minimum absolute atomic E-state index is 0.0418. The van der Waals surface area contributed by atoms with Crippen molar-refractivity contribution >= 4 is 33.6 Å². The summed E-state index contributed by atoms with van der Waals surface area (Å²) in [6.07, 6.45) is 3.00. The first-order chi connectivity index (χ1) is 22.8. The van der Waals surface area contributed by atoms with Gasteiger partial charge < -0.3 is 24.7 Å². The van der Waals surface area contributed by atoms with Crippen molar-refractivity contribution in [2.45, 2.75) is 26.2 Å². The number of aromatic nitrogens is 2. The minimum Gasteiger partial charge on any atom is -0.505 e. The summed E-state index contributed by atoms with van der Waals surface area (Å²) in [5.74, 6) is -1.71. The number of halogens is 2. The van der Waals surface area contributed by atoms with Crippen molar-refractivity contribution in [3.63, 3.8) is 0 Å². The van der Waals surface area contributed by atoms with Gasteiger partial charge in [-0.2, -0.15) is 0 Å². The Morgan fingerprint density at radius 2 is 1.04 bits per heavy atom. The van der Waals surface area contributed by atoms with Gasteiger partial charge in [0.15, 0.2) is 11.5 Å². The molecule has 2 aliphatic rings. The monoisotopic (exact) mass is 630 g/mol. The first-order valence-electron chi connectivity index (χ1n) is 14.8. The van der Waals surface area contributed by atoms with E-state index >= 15 is 0 Å². The molecule has 4 aromatic carbocycles. The third-order valence-electron chi connectivity index (χ3n) is 8.66. The molecule has 0 unspecified atom stereocenters. The van der Waals surface area contributed by atoms with Gasteiger partial charge in [-0.05, 0) is 59.7 Å². The van der Waals surface area contributed by atoms with Gasteiger partial charge in [0.1, 0.15) is 34.2 Å². The third kappa shape index (κ3) is 4.58. The van der Waals surface area contributed by atoms with E-state index in [0.717, 1.165) is 0 Å². The number of phenols is 2. The molecule has 2 aliphatic heterocycles. The number of hydrogen-bond acceptors (Lipinski definition) is 7. The van der Waals surface area contributed by atoms with Gasteiger partial charge in [-0.3, -0.25) is 19.6 Å². The average molecular weight is 631 g/mol. The molecule has 2 N–H and O–H groups in total. The van der Waals surface area contributed by atoms with Crippen molar-refractivity contribution in [2.75, 3.05) is 0 Å². The Morgan fingerprint density at radius 1 is 0.638 bits per heavy atom.